The smallest absolute Gasteiger partial charge is 0.270 e. The first-order chi connectivity index (χ1) is 16.3. The molecule has 2 fully saturated rings. The molecule has 0 aliphatic carbocycles. The summed E-state index contributed by atoms with van der Waals surface area (Å²) in [6.45, 7) is 9.42. The fraction of sp³-hybridized carbons (Fsp3) is 0.600. The topological polar surface area (TPSA) is 78.6 Å². The minimum Gasteiger partial charge on any atom is -0.385 e. The number of hydrogen-bond acceptors (Lipinski definition) is 7. The van der Waals surface area contributed by atoms with Gasteiger partial charge in [0, 0.05) is 45.5 Å². The van der Waals surface area contributed by atoms with E-state index in [2.05, 4.69) is 24.8 Å². The van der Waals surface area contributed by atoms with E-state index in [1.807, 2.05) is 13.0 Å². The van der Waals surface area contributed by atoms with Gasteiger partial charge in [0.2, 0.25) is 0 Å². The molecule has 0 radical (unpaired) electrons. The highest BCUT2D eigenvalue weighted by molar-refractivity contribution is 8.26. The lowest BCUT2D eigenvalue weighted by Crippen LogP contribution is -2.40. The largest absolute Gasteiger partial charge is 0.385 e. The van der Waals surface area contributed by atoms with Crippen LogP contribution in [0.25, 0.3) is 6.08 Å². The fourth-order valence-electron chi connectivity index (χ4n) is 4.58. The summed E-state index contributed by atoms with van der Waals surface area (Å²) >= 11 is 6.77. The van der Waals surface area contributed by atoms with Crippen molar-refractivity contribution in [2.75, 3.05) is 38.3 Å². The number of carbonyl (C=O) groups excluding carboxylic acids is 1. The molecule has 7 nitrogen and oxygen atoms in total. The van der Waals surface area contributed by atoms with Crippen LogP contribution in [0.3, 0.4) is 0 Å². The Hall–Kier alpha value is -2.15. The number of carbonyl (C=O) groups is 1. The van der Waals surface area contributed by atoms with E-state index >= 15 is 0 Å². The highest BCUT2D eigenvalue weighted by Crippen LogP contribution is 2.37. The normalized spacial score (nSPS) is 19.9. The van der Waals surface area contributed by atoms with Gasteiger partial charge in [0.25, 0.3) is 11.5 Å². The van der Waals surface area contributed by atoms with Crippen molar-refractivity contribution in [3.05, 3.63) is 31.9 Å². The van der Waals surface area contributed by atoms with Crippen LogP contribution in [0.2, 0.25) is 0 Å². The Bertz CT molecular complexity index is 1070. The third kappa shape index (κ3) is 5.56. The van der Waals surface area contributed by atoms with Crippen LogP contribution in [0, 0.1) is 24.2 Å². The summed E-state index contributed by atoms with van der Waals surface area (Å²) in [5.74, 6) is 1.20. The molecule has 2 saturated heterocycles. The van der Waals surface area contributed by atoms with Gasteiger partial charge in [-0.1, -0.05) is 44.2 Å². The summed E-state index contributed by atoms with van der Waals surface area (Å²) in [6.07, 6.45) is 6.53. The number of amides is 1. The zero-order valence-electron chi connectivity index (χ0n) is 20.6. The molecule has 1 unspecified atom stereocenters. The molecule has 1 aromatic heterocycles. The number of rotatable bonds is 9. The molecule has 1 atom stereocenters. The number of nitrogens with zero attached hydrogens (tertiary/aromatic N) is 4. The highest BCUT2D eigenvalue weighted by Gasteiger charge is 2.33. The quantitative estimate of drug-likeness (QED) is 0.283. The van der Waals surface area contributed by atoms with E-state index in [0.29, 0.717) is 46.8 Å². The molecule has 0 spiro atoms. The number of unbranched alkanes of at least 4 members (excludes halogenated alkanes) is 1. The monoisotopic (exact) mass is 502 g/mol. The maximum atomic E-state index is 13.4. The number of ether oxygens (including phenoxy) is 1. The molecule has 0 N–H and O–H groups in total. The van der Waals surface area contributed by atoms with Gasteiger partial charge in [-0.05, 0) is 50.2 Å². The Morgan fingerprint density at radius 2 is 2.06 bits per heavy atom. The first-order valence-electron chi connectivity index (χ1n) is 12.0. The summed E-state index contributed by atoms with van der Waals surface area (Å²) < 4.78 is 7.40. The molecule has 2 aliphatic heterocycles. The fourth-order valence-corrected chi connectivity index (χ4v) is 5.87. The van der Waals surface area contributed by atoms with Crippen molar-refractivity contribution in [2.45, 2.75) is 59.4 Å². The Labute approximate surface area is 211 Å². The lowest BCUT2D eigenvalue weighted by atomic mass is 9.98. The third-order valence-corrected chi connectivity index (χ3v) is 7.80. The molecular weight excluding hydrogens is 468 g/mol. The Kier molecular flexibility index (Phi) is 9.34. The maximum absolute atomic E-state index is 13.4. The Morgan fingerprint density at radius 1 is 1.29 bits per heavy atom. The summed E-state index contributed by atoms with van der Waals surface area (Å²) in [4.78, 5) is 31.0. The van der Waals surface area contributed by atoms with Crippen LogP contribution < -0.4 is 10.5 Å². The van der Waals surface area contributed by atoms with Gasteiger partial charge in [-0.15, -0.1) is 0 Å². The van der Waals surface area contributed by atoms with E-state index in [1.54, 1.807) is 16.6 Å². The minimum atomic E-state index is -0.244. The molecule has 184 valence electrons. The van der Waals surface area contributed by atoms with E-state index in [9.17, 15) is 14.9 Å². The SMILES string of the molecule is CCCCn1c(N2CCCC(C)C2)c(/C=C2/SC(=S)N(CCCOC)C2=O)c(C)c(C#N)c1=O. The molecule has 2 aliphatic rings. The van der Waals surface area contributed by atoms with E-state index in [-0.39, 0.29) is 17.0 Å². The number of aromatic nitrogens is 1. The predicted octanol–water partition coefficient (Wildman–Crippen LogP) is 4.30. The standard InChI is InChI=1S/C25H34N4O3S2/c1-5-6-11-28-22(27-10-7-9-17(2)16-27)19(18(3)20(15-26)23(28)30)14-21-24(31)29(25(33)34-21)12-8-13-32-4/h14,17H,5-13,16H2,1-4H3/b21-14+. The van der Waals surface area contributed by atoms with E-state index in [4.69, 9.17) is 17.0 Å². The van der Waals surface area contributed by atoms with Crippen LogP contribution in [0.1, 0.15) is 62.6 Å². The summed E-state index contributed by atoms with van der Waals surface area (Å²) in [7, 11) is 1.64. The lowest BCUT2D eigenvalue weighted by molar-refractivity contribution is -0.122. The maximum Gasteiger partial charge on any atom is 0.270 e. The lowest BCUT2D eigenvalue weighted by Gasteiger charge is -2.36. The van der Waals surface area contributed by atoms with Gasteiger partial charge >= 0.3 is 0 Å². The number of hydrogen-bond donors (Lipinski definition) is 0. The van der Waals surface area contributed by atoms with Crippen LogP contribution in [0.15, 0.2) is 9.70 Å². The van der Waals surface area contributed by atoms with Gasteiger partial charge in [0.05, 0.1) is 4.91 Å². The van der Waals surface area contributed by atoms with Gasteiger partial charge < -0.3 is 9.64 Å². The van der Waals surface area contributed by atoms with Gasteiger partial charge in [-0.2, -0.15) is 5.26 Å². The number of methoxy groups -OCH3 is 1. The van der Waals surface area contributed by atoms with Crippen LogP contribution in [-0.2, 0) is 16.1 Å². The summed E-state index contributed by atoms with van der Waals surface area (Å²) in [5.41, 5.74) is 1.30. The van der Waals surface area contributed by atoms with Crippen LogP contribution in [0.5, 0.6) is 0 Å². The van der Waals surface area contributed by atoms with Gasteiger partial charge in [0.15, 0.2) is 0 Å². The minimum absolute atomic E-state index is 0.131. The number of nitriles is 1. The molecule has 34 heavy (non-hydrogen) atoms. The van der Waals surface area contributed by atoms with Crippen molar-refractivity contribution in [3.8, 4) is 6.07 Å². The second-order valence-corrected chi connectivity index (χ2v) is 10.7. The van der Waals surface area contributed by atoms with Crippen molar-refractivity contribution < 1.29 is 9.53 Å². The van der Waals surface area contributed by atoms with Gasteiger partial charge in [-0.25, -0.2) is 0 Å². The third-order valence-electron chi connectivity index (χ3n) is 6.42. The van der Waals surface area contributed by atoms with Crippen molar-refractivity contribution in [1.29, 1.82) is 5.26 Å². The van der Waals surface area contributed by atoms with E-state index in [1.165, 1.54) is 11.8 Å². The number of pyridine rings is 1. The average molecular weight is 503 g/mol. The molecule has 0 saturated carbocycles. The molecule has 3 heterocycles. The van der Waals surface area contributed by atoms with Gasteiger partial charge in [-0.3, -0.25) is 19.1 Å². The molecular formula is C25H34N4O3S2. The van der Waals surface area contributed by atoms with Crippen molar-refractivity contribution >= 4 is 46.1 Å². The molecule has 3 rings (SSSR count). The zero-order valence-corrected chi connectivity index (χ0v) is 22.2. The first-order valence-corrected chi connectivity index (χ1v) is 13.2. The van der Waals surface area contributed by atoms with Crippen molar-refractivity contribution in [1.82, 2.24) is 9.47 Å². The zero-order chi connectivity index (χ0) is 24.8. The van der Waals surface area contributed by atoms with Crippen LogP contribution in [0.4, 0.5) is 5.82 Å². The Balaban J connectivity index is 2.15. The van der Waals surface area contributed by atoms with Crippen LogP contribution >= 0.6 is 24.0 Å². The average Bonchev–Trinajstić information content (AvgIpc) is 3.07. The van der Waals surface area contributed by atoms with Crippen molar-refractivity contribution in [3.63, 3.8) is 0 Å². The molecule has 9 heteroatoms. The van der Waals surface area contributed by atoms with Crippen molar-refractivity contribution in [2.24, 2.45) is 5.92 Å². The second-order valence-electron chi connectivity index (χ2n) is 9.03. The van der Waals surface area contributed by atoms with E-state index in [0.717, 1.165) is 50.2 Å². The predicted molar refractivity (Wildman–Crippen MR) is 142 cm³/mol. The molecule has 0 aromatic carbocycles. The number of thioether (sulfide) groups is 1. The van der Waals surface area contributed by atoms with Gasteiger partial charge in [0.1, 0.15) is 21.8 Å². The molecule has 1 amide bonds. The Morgan fingerprint density at radius 3 is 2.71 bits per heavy atom. The molecule has 1 aromatic rings. The second kappa shape index (κ2) is 12.0. The number of piperidine rings is 1. The highest BCUT2D eigenvalue weighted by atomic mass is 32.2. The first kappa shape index (κ1) is 26.5. The molecule has 0 bridgehead atoms. The van der Waals surface area contributed by atoms with Crippen LogP contribution in [-0.4, -0.2) is 53.0 Å². The van der Waals surface area contributed by atoms with E-state index < -0.39 is 0 Å². The summed E-state index contributed by atoms with van der Waals surface area (Å²) in [5, 5.41) is 9.82. The number of thiocarbonyl (C=S) groups is 1. The summed E-state index contributed by atoms with van der Waals surface area (Å²) in [6, 6.07) is 2.12. The number of anilines is 1.